The summed E-state index contributed by atoms with van der Waals surface area (Å²) in [6.07, 6.45) is -4.86. The standard InChI is InChI=1S/C15H13F3N2O2S/c1-8-12(14(22)20-6-11(21)7-20)23-13(19-8)9-2-4-10(5-3-9)15(16,17)18/h2-5,11,21H,6-7H2,1H3. The van der Waals surface area contributed by atoms with Gasteiger partial charge in [0.2, 0.25) is 0 Å². The molecule has 0 radical (unpaired) electrons. The highest BCUT2D eigenvalue weighted by Gasteiger charge is 2.32. The number of hydrogen-bond acceptors (Lipinski definition) is 4. The van der Waals surface area contributed by atoms with Gasteiger partial charge in [0.15, 0.2) is 0 Å². The molecule has 0 atom stereocenters. The average molecular weight is 342 g/mol. The molecule has 8 heteroatoms. The Hall–Kier alpha value is -1.93. The van der Waals surface area contributed by atoms with E-state index < -0.39 is 17.8 Å². The Morgan fingerprint density at radius 3 is 2.43 bits per heavy atom. The molecule has 1 aliphatic heterocycles. The van der Waals surface area contributed by atoms with Gasteiger partial charge in [-0.3, -0.25) is 4.79 Å². The number of aliphatic hydroxyl groups excluding tert-OH is 1. The SMILES string of the molecule is Cc1nc(-c2ccc(C(F)(F)F)cc2)sc1C(=O)N1CC(O)C1. The van der Waals surface area contributed by atoms with E-state index in [1.165, 1.54) is 17.0 Å². The number of aliphatic hydroxyl groups is 1. The molecule has 1 amide bonds. The van der Waals surface area contributed by atoms with E-state index in [1.54, 1.807) is 6.92 Å². The summed E-state index contributed by atoms with van der Waals surface area (Å²) in [5, 5.41) is 9.76. The molecular weight excluding hydrogens is 329 g/mol. The van der Waals surface area contributed by atoms with Crippen molar-refractivity contribution in [2.45, 2.75) is 19.2 Å². The molecule has 0 saturated carbocycles. The first-order valence-corrected chi connectivity index (χ1v) is 7.70. The van der Waals surface area contributed by atoms with Gasteiger partial charge in [0, 0.05) is 18.7 Å². The molecule has 1 saturated heterocycles. The maximum atomic E-state index is 12.6. The zero-order valence-corrected chi connectivity index (χ0v) is 12.9. The third-order valence-electron chi connectivity index (χ3n) is 3.60. The van der Waals surface area contributed by atoms with E-state index in [0.717, 1.165) is 23.5 Å². The fourth-order valence-electron chi connectivity index (χ4n) is 2.28. The fraction of sp³-hybridized carbons (Fsp3) is 0.333. The monoisotopic (exact) mass is 342 g/mol. The van der Waals surface area contributed by atoms with Crippen LogP contribution in [0.3, 0.4) is 0 Å². The largest absolute Gasteiger partial charge is 0.416 e. The number of aryl methyl sites for hydroxylation is 1. The van der Waals surface area contributed by atoms with Gasteiger partial charge in [0.1, 0.15) is 9.88 Å². The molecule has 1 N–H and O–H groups in total. The van der Waals surface area contributed by atoms with E-state index in [9.17, 15) is 23.1 Å². The maximum absolute atomic E-state index is 12.6. The van der Waals surface area contributed by atoms with Gasteiger partial charge in [0.25, 0.3) is 5.91 Å². The molecule has 1 aromatic carbocycles. The van der Waals surface area contributed by atoms with E-state index in [0.29, 0.717) is 34.2 Å². The van der Waals surface area contributed by atoms with E-state index in [2.05, 4.69) is 4.98 Å². The van der Waals surface area contributed by atoms with Gasteiger partial charge in [-0.25, -0.2) is 4.98 Å². The van der Waals surface area contributed by atoms with Gasteiger partial charge in [-0.05, 0) is 19.1 Å². The fourth-order valence-corrected chi connectivity index (χ4v) is 3.32. The maximum Gasteiger partial charge on any atom is 0.416 e. The molecule has 2 aromatic rings. The minimum atomic E-state index is -4.38. The van der Waals surface area contributed by atoms with Crippen molar-refractivity contribution in [1.82, 2.24) is 9.88 Å². The lowest BCUT2D eigenvalue weighted by Gasteiger charge is -2.35. The predicted molar refractivity (Wildman–Crippen MR) is 79.2 cm³/mol. The average Bonchev–Trinajstić information content (AvgIpc) is 2.84. The van der Waals surface area contributed by atoms with Crippen LogP contribution in [0, 0.1) is 6.92 Å². The van der Waals surface area contributed by atoms with E-state index in [-0.39, 0.29) is 5.91 Å². The molecule has 1 aliphatic rings. The highest BCUT2D eigenvalue weighted by atomic mass is 32.1. The Labute approximate surface area is 134 Å². The van der Waals surface area contributed by atoms with Crippen LogP contribution >= 0.6 is 11.3 Å². The number of aromatic nitrogens is 1. The number of β-amino-alcohol motifs (C(OH)–C–C–N with tert-alkyl or cyclic N) is 1. The lowest BCUT2D eigenvalue weighted by Crippen LogP contribution is -2.53. The van der Waals surface area contributed by atoms with Crippen LogP contribution in [0.2, 0.25) is 0 Å². The van der Waals surface area contributed by atoms with Crippen LogP contribution in [-0.2, 0) is 6.18 Å². The summed E-state index contributed by atoms with van der Waals surface area (Å²) in [5.41, 5.74) is 0.352. The van der Waals surface area contributed by atoms with Gasteiger partial charge < -0.3 is 10.0 Å². The summed E-state index contributed by atoms with van der Waals surface area (Å²) >= 11 is 1.15. The van der Waals surface area contributed by atoms with Crippen molar-refractivity contribution in [3.8, 4) is 10.6 Å². The van der Waals surface area contributed by atoms with Crippen LogP contribution < -0.4 is 0 Å². The Bertz CT molecular complexity index is 734. The summed E-state index contributed by atoms with van der Waals surface area (Å²) in [7, 11) is 0. The molecule has 1 fully saturated rings. The molecule has 3 rings (SSSR count). The van der Waals surface area contributed by atoms with Crippen molar-refractivity contribution in [1.29, 1.82) is 0 Å². The lowest BCUT2D eigenvalue weighted by atomic mass is 10.1. The number of thiazole rings is 1. The van der Waals surface area contributed by atoms with Crippen LogP contribution in [0.25, 0.3) is 10.6 Å². The number of carbonyl (C=O) groups is 1. The molecule has 1 aromatic heterocycles. The molecule has 122 valence electrons. The van der Waals surface area contributed by atoms with Gasteiger partial charge in [0.05, 0.1) is 17.4 Å². The Kier molecular flexibility index (Phi) is 3.89. The van der Waals surface area contributed by atoms with Crippen LogP contribution in [0.4, 0.5) is 13.2 Å². The second-order valence-corrected chi connectivity index (χ2v) is 6.37. The molecule has 0 spiro atoms. The van der Waals surface area contributed by atoms with Crippen molar-refractivity contribution < 1.29 is 23.1 Å². The number of halogens is 3. The summed E-state index contributed by atoms with van der Waals surface area (Å²) in [6.45, 7) is 2.28. The minimum Gasteiger partial charge on any atom is -0.389 e. The van der Waals surface area contributed by atoms with Gasteiger partial charge in [-0.1, -0.05) is 12.1 Å². The van der Waals surface area contributed by atoms with E-state index >= 15 is 0 Å². The number of amides is 1. The predicted octanol–water partition coefficient (Wildman–Crippen LogP) is 2.95. The number of alkyl halides is 3. The Morgan fingerprint density at radius 1 is 1.30 bits per heavy atom. The molecular formula is C15H13F3N2O2S. The number of hydrogen-bond donors (Lipinski definition) is 1. The molecule has 23 heavy (non-hydrogen) atoms. The summed E-state index contributed by atoms with van der Waals surface area (Å²) in [6, 6.07) is 4.70. The van der Waals surface area contributed by atoms with Crippen molar-refractivity contribution in [3.05, 3.63) is 40.4 Å². The van der Waals surface area contributed by atoms with Gasteiger partial charge in [-0.15, -0.1) is 11.3 Å². The summed E-state index contributed by atoms with van der Waals surface area (Å²) < 4.78 is 37.7. The zero-order valence-electron chi connectivity index (χ0n) is 12.1. The van der Waals surface area contributed by atoms with Crippen LogP contribution in [0.1, 0.15) is 20.9 Å². The van der Waals surface area contributed by atoms with Crippen molar-refractivity contribution >= 4 is 17.2 Å². The molecule has 2 heterocycles. The Balaban J connectivity index is 1.84. The second kappa shape index (κ2) is 5.61. The highest BCUT2D eigenvalue weighted by molar-refractivity contribution is 7.17. The van der Waals surface area contributed by atoms with Crippen molar-refractivity contribution in [3.63, 3.8) is 0 Å². The number of rotatable bonds is 2. The van der Waals surface area contributed by atoms with Crippen LogP contribution in [0.5, 0.6) is 0 Å². The highest BCUT2D eigenvalue weighted by Crippen LogP contribution is 2.33. The Morgan fingerprint density at radius 2 is 1.91 bits per heavy atom. The third-order valence-corrected chi connectivity index (χ3v) is 4.79. The van der Waals surface area contributed by atoms with Gasteiger partial charge in [-0.2, -0.15) is 13.2 Å². The number of likely N-dealkylation sites (tertiary alicyclic amines) is 1. The number of nitrogens with zero attached hydrogens (tertiary/aromatic N) is 2. The first-order chi connectivity index (χ1) is 10.8. The summed E-state index contributed by atoms with van der Waals surface area (Å²) in [5.74, 6) is -0.205. The molecule has 0 unspecified atom stereocenters. The first-order valence-electron chi connectivity index (χ1n) is 6.88. The molecule has 0 aliphatic carbocycles. The third kappa shape index (κ3) is 3.09. The summed E-state index contributed by atoms with van der Waals surface area (Å²) in [4.78, 5) is 18.5. The smallest absolute Gasteiger partial charge is 0.389 e. The van der Waals surface area contributed by atoms with Crippen LogP contribution in [0.15, 0.2) is 24.3 Å². The number of carbonyl (C=O) groups excluding carboxylic acids is 1. The van der Waals surface area contributed by atoms with E-state index in [1.807, 2.05) is 0 Å². The van der Waals surface area contributed by atoms with Gasteiger partial charge >= 0.3 is 6.18 Å². The molecule has 0 bridgehead atoms. The second-order valence-electron chi connectivity index (χ2n) is 5.37. The molecule has 4 nitrogen and oxygen atoms in total. The van der Waals surface area contributed by atoms with E-state index in [4.69, 9.17) is 0 Å². The van der Waals surface area contributed by atoms with Crippen molar-refractivity contribution in [2.75, 3.05) is 13.1 Å². The minimum absolute atomic E-state index is 0.205. The number of benzene rings is 1. The van der Waals surface area contributed by atoms with Crippen molar-refractivity contribution in [2.24, 2.45) is 0 Å². The van der Waals surface area contributed by atoms with Crippen LogP contribution in [-0.4, -0.2) is 40.1 Å². The zero-order chi connectivity index (χ0) is 16.8. The lowest BCUT2D eigenvalue weighted by molar-refractivity contribution is -0.137. The topological polar surface area (TPSA) is 53.4 Å². The quantitative estimate of drug-likeness (QED) is 0.913. The first kappa shape index (κ1) is 15.9. The normalized spacial score (nSPS) is 15.6.